The van der Waals surface area contributed by atoms with Crippen molar-refractivity contribution in [3.05, 3.63) is 29.8 Å². The van der Waals surface area contributed by atoms with Gasteiger partial charge >= 0.3 is 12.0 Å². The molecule has 1 aromatic carbocycles. The molecule has 1 heterocycles. The van der Waals surface area contributed by atoms with E-state index in [2.05, 4.69) is 73.5 Å². The van der Waals surface area contributed by atoms with Gasteiger partial charge in [0.2, 0.25) is 70.9 Å². The van der Waals surface area contributed by atoms with Crippen molar-refractivity contribution in [1.29, 1.82) is 0 Å². The number of unbranched alkanes of at least 4 members (excludes halogenated alkanes) is 1. The molecule has 1 aliphatic heterocycles. The third kappa shape index (κ3) is 35.3. The largest absolute Gasteiger partial charge is 0.508 e. The molecular weight excluding hydrogens is 1350 g/mol. The number of urea groups is 1. The summed E-state index contributed by atoms with van der Waals surface area (Å²) in [6.07, 6.45) is 0.683. The number of aliphatic imine (C=N–C) groups is 3. The quantitative estimate of drug-likeness (QED) is 0.0164. The zero-order valence-electron chi connectivity index (χ0n) is 58.5. The fourth-order valence-corrected chi connectivity index (χ4v) is 10.3. The predicted octanol–water partition coefficient (Wildman–Crippen LogP) is -8.48. The van der Waals surface area contributed by atoms with Crippen LogP contribution in [-0.4, -0.2) is 229 Å². The molecule has 33 N–H and O–H groups in total. The summed E-state index contributed by atoms with van der Waals surface area (Å²) in [6, 6.07) is -8.80. The molecule has 14 amide bonds. The number of aromatic hydroxyl groups is 1. The minimum absolute atomic E-state index is 0.0257. The fourth-order valence-electron chi connectivity index (χ4n) is 10.3. The maximum atomic E-state index is 14.5. The van der Waals surface area contributed by atoms with Gasteiger partial charge in [0.15, 0.2) is 17.9 Å². The van der Waals surface area contributed by atoms with E-state index in [1.54, 1.807) is 6.92 Å². The Bertz CT molecular complexity index is 3110. The van der Waals surface area contributed by atoms with Crippen molar-refractivity contribution in [3.8, 4) is 5.75 Å². The number of nitrogens with one attached hydrogen (secondary N) is 11. The fraction of sp³-hybridized carbons (Fsp3) is 0.629. The van der Waals surface area contributed by atoms with Gasteiger partial charge in [-0.15, -0.1) is 0 Å². The number of hydrogen-bond donors (Lipinski definition) is 23. The lowest BCUT2D eigenvalue weighted by Crippen LogP contribution is -2.59. The summed E-state index contributed by atoms with van der Waals surface area (Å²) in [4.78, 5) is 201. The second-order valence-electron chi connectivity index (χ2n) is 24.6. The van der Waals surface area contributed by atoms with Crippen LogP contribution in [0.15, 0.2) is 39.2 Å². The summed E-state index contributed by atoms with van der Waals surface area (Å²) in [5.74, 6) is -13.0. The van der Waals surface area contributed by atoms with Crippen molar-refractivity contribution in [2.24, 2.45) is 78.2 Å². The standard InChI is InChI=1S/C62H107N25O16/c1-4-33(2)48(65)56(99)85-40(15-9-27-75-61(70)71)54(97)84-41(22-23-45(64)89)51(94)77-31-46(90)79-34(3)49(92)81-38(14-8-26-74-60(68)69)52(95)83-39(16-10-28-76-62(72)103)53(96)82-37(13-7-25-73-59(66)67)50(93)78-32-47(91)80-43(30-35-18-20-36(88)21-19-35)57(100)87-29-11-17-44(87)55(98)86-42(58(101)102)12-5-6-24-63/h18-21,33-34,37-44,48,88H,4-17,22-32,63,65H2,1-3H3,(H2,64,89)(H,77,94)(H,78,93)(H,79,90)(H,80,91)(H,81,92)(H,82,96)(H,83,95)(H,84,97)(H,85,99)(H,86,98)(H,101,102)(H4,66,67,73)(H4,68,69,74)(H4,70,71,75)(H3,72,76,103)/t33-,34-,37-,38-,39-,40-,41-,42-,43-,44-,48-/m0/s1. The van der Waals surface area contributed by atoms with Gasteiger partial charge in [0.1, 0.15) is 60.1 Å². The van der Waals surface area contributed by atoms with Gasteiger partial charge in [-0.1, -0.05) is 32.4 Å². The number of likely N-dealkylation sites (tertiary alicyclic amines) is 1. The Hall–Kier alpha value is -10.9. The second kappa shape index (κ2) is 47.3. The highest BCUT2D eigenvalue weighted by Crippen LogP contribution is 2.22. The second-order valence-corrected chi connectivity index (χ2v) is 24.6. The molecule has 41 heteroatoms. The molecule has 1 aromatic rings. The highest BCUT2D eigenvalue weighted by Gasteiger charge is 2.40. The zero-order valence-corrected chi connectivity index (χ0v) is 58.5. The Balaban J connectivity index is 2.42. The molecular formula is C62H107N25O16. The smallest absolute Gasteiger partial charge is 0.326 e. The molecule has 41 nitrogen and oxygen atoms in total. The van der Waals surface area contributed by atoms with Crippen LogP contribution in [0, 0.1) is 5.92 Å². The van der Waals surface area contributed by atoms with E-state index < -0.39 is 163 Å². The highest BCUT2D eigenvalue weighted by atomic mass is 16.4. The Kier molecular flexibility index (Phi) is 40.5. The summed E-state index contributed by atoms with van der Waals surface area (Å²) >= 11 is 0. The van der Waals surface area contributed by atoms with Crippen LogP contribution < -0.4 is 116 Å². The number of carboxylic acids is 1. The number of nitrogens with two attached hydrogens (primary N) is 10. The van der Waals surface area contributed by atoms with E-state index in [1.807, 2.05) is 6.92 Å². The number of primary amides is 2. The Morgan fingerprint density at radius 3 is 1.43 bits per heavy atom. The monoisotopic (exact) mass is 1460 g/mol. The summed E-state index contributed by atoms with van der Waals surface area (Å²) in [7, 11) is 0. The maximum absolute atomic E-state index is 14.5. The van der Waals surface area contributed by atoms with E-state index in [0.29, 0.717) is 37.8 Å². The minimum atomic E-state index is -1.56. The van der Waals surface area contributed by atoms with E-state index in [0.717, 1.165) is 0 Å². The molecule has 1 aliphatic rings. The number of phenolic OH excluding ortho intramolecular Hbond substituents is 1. The third-order valence-electron chi connectivity index (χ3n) is 16.2. The summed E-state index contributed by atoms with van der Waals surface area (Å²) in [5.41, 5.74) is 55.8. The van der Waals surface area contributed by atoms with Crippen LogP contribution in [0.25, 0.3) is 0 Å². The van der Waals surface area contributed by atoms with Crippen molar-refractivity contribution in [1.82, 2.24) is 63.4 Å². The lowest BCUT2D eigenvalue weighted by atomic mass is 9.98. The van der Waals surface area contributed by atoms with Crippen molar-refractivity contribution < 1.29 is 77.3 Å². The molecule has 1 fully saturated rings. The molecule has 0 radical (unpaired) electrons. The van der Waals surface area contributed by atoms with Crippen molar-refractivity contribution in [2.75, 3.05) is 52.4 Å². The van der Waals surface area contributed by atoms with Crippen LogP contribution in [0.1, 0.15) is 129 Å². The van der Waals surface area contributed by atoms with Gasteiger partial charge < -0.3 is 131 Å². The van der Waals surface area contributed by atoms with Gasteiger partial charge in [0.25, 0.3) is 0 Å². The summed E-state index contributed by atoms with van der Waals surface area (Å²) < 4.78 is 0. The van der Waals surface area contributed by atoms with E-state index in [1.165, 1.54) is 36.1 Å². The first-order valence-corrected chi connectivity index (χ1v) is 33.9. The van der Waals surface area contributed by atoms with E-state index in [9.17, 15) is 77.3 Å². The highest BCUT2D eigenvalue weighted by molar-refractivity contribution is 5.99. The molecule has 0 aliphatic carbocycles. The topological polar surface area (TPSA) is 712 Å². The molecule has 0 saturated carbocycles. The molecule has 0 unspecified atom stereocenters. The first-order valence-electron chi connectivity index (χ1n) is 33.9. The molecule has 11 atom stereocenters. The number of aliphatic carboxylic acids is 1. The average Bonchev–Trinajstić information content (AvgIpc) is 1.73. The number of benzene rings is 1. The number of carbonyl (C=O) groups is 14. The van der Waals surface area contributed by atoms with Crippen molar-refractivity contribution in [3.63, 3.8) is 0 Å². The van der Waals surface area contributed by atoms with E-state index in [4.69, 9.17) is 57.3 Å². The van der Waals surface area contributed by atoms with E-state index in [-0.39, 0.29) is 139 Å². The third-order valence-corrected chi connectivity index (χ3v) is 16.2. The number of carboxylic acid groups (broad SMARTS) is 1. The minimum Gasteiger partial charge on any atom is -0.508 e. The maximum Gasteiger partial charge on any atom is 0.326 e. The number of nitrogens with zero attached hydrogens (tertiary/aromatic N) is 4. The molecule has 0 aromatic heterocycles. The lowest BCUT2D eigenvalue weighted by Gasteiger charge is -2.29. The average molecular weight is 1460 g/mol. The number of rotatable bonds is 49. The number of carbonyl (C=O) groups excluding carboxylic acids is 13. The lowest BCUT2D eigenvalue weighted by molar-refractivity contribution is -0.145. The first-order chi connectivity index (χ1) is 48.7. The van der Waals surface area contributed by atoms with Gasteiger partial charge in [-0.05, 0) is 127 Å². The number of hydrogen-bond acceptors (Lipinski definition) is 20. The molecule has 0 bridgehead atoms. The number of amides is 14. The first kappa shape index (κ1) is 88.2. The van der Waals surface area contributed by atoms with Crippen LogP contribution in [0.2, 0.25) is 0 Å². The normalized spacial score (nSPS) is 15.2. The van der Waals surface area contributed by atoms with Crippen LogP contribution in [0.5, 0.6) is 5.75 Å². The van der Waals surface area contributed by atoms with Gasteiger partial charge in [-0.25, -0.2) is 9.59 Å². The summed E-state index contributed by atoms with van der Waals surface area (Å²) in [6.45, 7) is 3.38. The number of phenols is 1. The predicted molar refractivity (Wildman–Crippen MR) is 377 cm³/mol. The van der Waals surface area contributed by atoms with Gasteiger partial charge in [-0.2, -0.15) is 0 Å². The van der Waals surface area contributed by atoms with Gasteiger partial charge in [0, 0.05) is 45.6 Å². The van der Waals surface area contributed by atoms with Crippen molar-refractivity contribution in [2.45, 2.75) is 190 Å². The van der Waals surface area contributed by atoms with Crippen LogP contribution >= 0.6 is 0 Å². The van der Waals surface area contributed by atoms with Crippen LogP contribution in [-0.2, 0) is 68.7 Å². The molecule has 0 spiro atoms. The zero-order chi connectivity index (χ0) is 77.3. The molecule has 103 heavy (non-hydrogen) atoms. The van der Waals surface area contributed by atoms with Gasteiger partial charge in [0.05, 0.1) is 19.1 Å². The number of guanidine groups is 3. The van der Waals surface area contributed by atoms with E-state index >= 15 is 0 Å². The van der Waals surface area contributed by atoms with Crippen molar-refractivity contribution >= 4 is 101 Å². The van der Waals surface area contributed by atoms with Crippen LogP contribution in [0.3, 0.4) is 0 Å². The Labute approximate surface area is 596 Å². The Morgan fingerprint density at radius 2 is 0.971 bits per heavy atom. The van der Waals surface area contributed by atoms with Crippen LogP contribution in [0.4, 0.5) is 4.79 Å². The molecule has 1 saturated heterocycles. The Morgan fingerprint density at radius 1 is 0.524 bits per heavy atom. The SMILES string of the molecule is CC[C@H](C)[C@H](N)C(=O)N[C@@H](CCCN=C(N)N)C(=O)N[C@@H](CCC(N)=O)C(=O)NCC(=O)N[C@@H](C)C(=O)N[C@@H](CCCN=C(N)N)C(=O)N[C@@H](CCCNC(N)=O)C(=O)N[C@@H](CCCN=C(N)N)C(=O)NCC(=O)N[C@@H](Cc1ccc(O)cc1)C(=O)N1CCC[C@H]1C(=O)N[C@@H](CCCCN)C(=O)O. The van der Waals surface area contributed by atoms with Gasteiger partial charge in [-0.3, -0.25) is 72.5 Å². The molecule has 2 rings (SSSR count). The summed E-state index contributed by atoms with van der Waals surface area (Å²) in [5, 5.41) is 47.2. The molecule has 576 valence electrons.